The lowest BCUT2D eigenvalue weighted by Crippen LogP contribution is -2.28. The molecular weight excluding hydrogens is 536 g/mol. The molecule has 0 radical (unpaired) electrons. The SMILES string of the molecule is C=C(N[C@H](C)CSCC(C)(F)F)c1ccc(/C=C/C(c2cc(C)c(Cl)c(Cl)c2)C(F)(F)F)cc1CC. The first-order valence-electron chi connectivity index (χ1n) is 11.4. The molecule has 9 heteroatoms. The summed E-state index contributed by atoms with van der Waals surface area (Å²) >= 11 is 13.2. The molecule has 2 rings (SSSR count). The van der Waals surface area contributed by atoms with Crippen LogP contribution in [0.1, 0.15) is 54.5 Å². The van der Waals surface area contributed by atoms with Gasteiger partial charge in [-0.1, -0.05) is 73.1 Å². The van der Waals surface area contributed by atoms with Gasteiger partial charge in [-0.15, -0.1) is 0 Å². The first kappa shape index (κ1) is 30.5. The van der Waals surface area contributed by atoms with Gasteiger partial charge in [-0.3, -0.25) is 0 Å². The third-order valence-corrected chi connectivity index (χ3v) is 7.75. The first-order valence-corrected chi connectivity index (χ1v) is 13.3. The Labute approximate surface area is 224 Å². The van der Waals surface area contributed by atoms with Crippen LogP contribution in [-0.2, 0) is 6.42 Å². The Morgan fingerprint density at radius 3 is 2.36 bits per heavy atom. The zero-order chi connectivity index (χ0) is 27.3. The monoisotopic (exact) mass is 565 g/mol. The molecule has 36 heavy (non-hydrogen) atoms. The highest BCUT2D eigenvalue weighted by Crippen LogP contribution is 2.39. The predicted molar refractivity (Wildman–Crippen MR) is 144 cm³/mol. The van der Waals surface area contributed by atoms with Crippen molar-refractivity contribution in [2.45, 2.75) is 58.2 Å². The molecule has 0 aliphatic rings. The van der Waals surface area contributed by atoms with Crippen molar-refractivity contribution in [1.29, 1.82) is 0 Å². The van der Waals surface area contributed by atoms with E-state index in [9.17, 15) is 22.0 Å². The van der Waals surface area contributed by atoms with E-state index in [0.717, 1.165) is 35.9 Å². The Balaban J connectivity index is 2.21. The molecule has 0 fully saturated rings. The maximum atomic E-state index is 13.9. The number of allylic oxidation sites excluding steroid dienone is 1. The molecular formula is C27H30Cl2F5NS. The lowest BCUT2D eigenvalue weighted by atomic mass is 9.94. The molecule has 0 amide bonds. The van der Waals surface area contributed by atoms with E-state index in [-0.39, 0.29) is 27.4 Å². The number of hydrogen-bond acceptors (Lipinski definition) is 2. The minimum absolute atomic E-state index is 0.0169. The normalized spacial score (nSPS) is 14.2. The highest BCUT2D eigenvalue weighted by molar-refractivity contribution is 7.99. The van der Waals surface area contributed by atoms with E-state index >= 15 is 0 Å². The lowest BCUT2D eigenvalue weighted by Gasteiger charge is -2.20. The predicted octanol–water partition coefficient (Wildman–Crippen LogP) is 9.56. The average molecular weight is 567 g/mol. The van der Waals surface area contributed by atoms with Crippen LogP contribution in [0.5, 0.6) is 0 Å². The quantitative estimate of drug-likeness (QED) is 0.272. The van der Waals surface area contributed by atoms with E-state index < -0.39 is 18.0 Å². The summed E-state index contributed by atoms with van der Waals surface area (Å²) in [4.78, 5) is 0. The molecule has 0 saturated heterocycles. The van der Waals surface area contributed by atoms with Crippen molar-refractivity contribution < 1.29 is 22.0 Å². The van der Waals surface area contributed by atoms with E-state index in [2.05, 4.69) is 11.9 Å². The topological polar surface area (TPSA) is 12.0 Å². The van der Waals surface area contributed by atoms with Crippen molar-refractivity contribution in [3.63, 3.8) is 0 Å². The van der Waals surface area contributed by atoms with Crippen molar-refractivity contribution in [2.75, 3.05) is 11.5 Å². The molecule has 0 heterocycles. The Morgan fingerprint density at radius 2 is 1.81 bits per heavy atom. The van der Waals surface area contributed by atoms with E-state index in [0.29, 0.717) is 29.0 Å². The van der Waals surface area contributed by atoms with Crippen LogP contribution in [0.4, 0.5) is 22.0 Å². The maximum absolute atomic E-state index is 13.9. The fraction of sp³-hybridized carbons (Fsp3) is 0.407. The van der Waals surface area contributed by atoms with Gasteiger partial charge < -0.3 is 5.32 Å². The molecule has 0 aromatic heterocycles. The Hall–Kier alpha value is -1.70. The van der Waals surface area contributed by atoms with Crippen molar-refractivity contribution in [2.24, 2.45) is 0 Å². The summed E-state index contributed by atoms with van der Waals surface area (Å²) in [6, 6.07) is 7.91. The van der Waals surface area contributed by atoms with Crippen LogP contribution in [0.2, 0.25) is 10.0 Å². The van der Waals surface area contributed by atoms with E-state index in [1.165, 1.54) is 18.2 Å². The number of hydrogen-bond donors (Lipinski definition) is 1. The largest absolute Gasteiger partial charge is 0.399 e. The van der Waals surface area contributed by atoms with Gasteiger partial charge in [0.1, 0.15) is 0 Å². The minimum atomic E-state index is -4.51. The van der Waals surface area contributed by atoms with Gasteiger partial charge in [0.25, 0.3) is 5.92 Å². The highest BCUT2D eigenvalue weighted by atomic mass is 35.5. The summed E-state index contributed by atoms with van der Waals surface area (Å²) in [6.45, 7) is 10.4. The Kier molecular flexibility index (Phi) is 10.8. The minimum Gasteiger partial charge on any atom is -0.382 e. The number of halogens is 7. The van der Waals surface area contributed by atoms with Gasteiger partial charge in [0.05, 0.1) is 21.7 Å². The molecule has 1 unspecified atom stereocenters. The van der Waals surface area contributed by atoms with Crippen molar-refractivity contribution in [1.82, 2.24) is 5.32 Å². The van der Waals surface area contributed by atoms with Gasteiger partial charge >= 0.3 is 6.18 Å². The van der Waals surface area contributed by atoms with E-state index in [1.807, 2.05) is 19.9 Å². The van der Waals surface area contributed by atoms with Gasteiger partial charge in [0, 0.05) is 30.0 Å². The van der Waals surface area contributed by atoms with Crippen molar-refractivity contribution >= 4 is 46.7 Å². The fourth-order valence-electron chi connectivity index (χ4n) is 3.69. The van der Waals surface area contributed by atoms with Gasteiger partial charge in [-0.25, -0.2) is 8.78 Å². The maximum Gasteiger partial charge on any atom is 0.399 e. The van der Waals surface area contributed by atoms with Crippen LogP contribution in [-0.4, -0.2) is 29.6 Å². The van der Waals surface area contributed by atoms with Gasteiger partial charge in [-0.05, 0) is 48.6 Å². The third kappa shape index (κ3) is 9.00. The zero-order valence-electron chi connectivity index (χ0n) is 20.6. The molecule has 0 spiro atoms. The molecule has 0 saturated carbocycles. The van der Waals surface area contributed by atoms with Crippen LogP contribution in [0, 0.1) is 6.92 Å². The fourth-order valence-corrected chi connectivity index (χ4v) is 4.98. The molecule has 1 N–H and O–H groups in total. The number of rotatable bonds is 11. The number of aryl methyl sites for hydroxylation is 2. The number of benzene rings is 2. The van der Waals surface area contributed by atoms with E-state index in [1.54, 1.807) is 19.1 Å². The molecule has 0 bridgehead atoms. The van der Waals surface area contributed by atoms with Crippen LogP contribution < -0.4 is 5.32 Å². The Morgan fingerprint density at radius 1 is 1.14 bits per heavy atom. The van der Waals surface area contributed by atoms with Crippen LogP contribution >= 0.6 is 35.0 Å². The molecule has 2 aromatic carbocycles. The molecule has 0 aliphatic heterocycles. The summed E-state index contributed by atoms with van der Waals surface area (Å²) in [5.74, 6) is -4.34. The molecule has 1 nitrogen and oxygen atoms in total. The summed E-state index contributed by atoms with van der Waals surface area (Å²) in [7, 11) is 0. The number of nitrogens with one attached hydrogen (secondary N) is 1. The molecule has 2 aromatic rings. The highest BCUT2D eigenvalue weighted by Gasteiger charge is 2.39. The molecule has 2 atom stereocenters. The third-order valence-electron chi connectivity index (χ3n) is 5.40. The average Bonchev–Trinajstić information content (AvgIpc) is 2.75. The van der Waals surface area contributed by atoms with Gasteiger partial charge in [-0.2, -0.15) is 24.9 Å². The summed E-state index contributed by atoms with van der Waals surface area (Å²) in [5.41, 5.74) is 3.48. The second kappa shape index (κ2) is 12.7. The second-order valence-electron chi connectivity index (χ2n) is 8.89. The second-order valence-corrected chi connectivity index (χ2v) is 10.7. The lowest BCUT2D eigenvalue weighted by molar-refractivity contribution is -0.139. The van der Waals surface area contributed by atoms with Crippen LogP contribution in [0.25, 0.3) is 11.8 Å². The summed E-state index contributed by atoms with van der Waals surface area (Å²) < 4.78 is 67.7. The smallest absolute Gasteiger partial charge is 0.382 e. The van der Waals surface area contributed by atoms with Crippen LogP contribution in [0.15, 0.2) is 43.0 Å². The standard InChI is InChI=1S/C27H30Cl2F5NS/c1-6-20-12-19(7-9-22(20)18(4)35-17(3)14-36-15-26(5,30)31)8-10-23(27(32,33)34)21-11-16(2)25(29)24(28)13-21/h7-13,17,23,35H,4,6,14-15H2,1-3,5H3/b10-8+/t17-,23?/m1/s1. The first-order chi connectivity index (χ1) is 16.6. The number of thioether (sulfide) groups is 1. The molecule has 0 aliphatic carbocycles. The van der Waals surface area contributed by atoms with E-state index in [4.69, 9.17) is 23.2 Å². The van der Waals surface area contributed by atoms with Gasteiger partial charge in [0.2, 0.25) is 0 Å². The van der Waals surface area contributed by atoms with Gasteiger partial charge in [0.15, 0.2) is 0 Å². The van der Waals surface area contributed by atoms with Crippen molar-refractivity contribution in [3.8, 4) is 0 Å². The summed E-state index contributed by atoms with van der Waals surface area (Å²) in [6.07, 6.45) is -1.32. The van der Waals surface area contributed by atoms with Crippen LogP contribution in [0.3, 0.4) is 0 Å². The van der Waals surface area contributed by atoms with Crippen molar-refractivity contribution in [3.05, 3.63) is 80.8 Å². The number of alkyl halides is 5. The molecule has 198 valence electrons. The Bertz CT molecular complexity index is 1070. The zero-order valence-corrected chi connectivity index (χ0v) is 22.9. The summed E-state index contributed by atoms with van der Waals surface area (Å²) in [5, 5.41) is 3.55.